The molecular weight excluding hydrogens is 220 g/mol. The van der Waals surface area contributed by atoms with E-state index in [0.717, 1.165) is 11.3 Å². The Labute approximate surface area is 97.7 Å². The standard InChI is InChI=1S/C11H12N4O2/c1-6-7(2)14-15-10(6)13-11(17)8-3-4-12-5-9(8)16/h3-5,16H,1-2H3,(H2,13,14,15,17). The van der Waals surface area contributed by atoms with Gasteiger partial charge >= 0.3 is 0 Å². The fourth-order valence-electron chi connectivity index (χ4n) is 1.36. The highest BCUT2D eigenvalue weighted by atomic mass is 16.3. The molecule has 0 saturated carbocycles. The number of H-pyrrole nitrogens is 1. The number of aromatic nitrogens is 3. The molecule has 0 radical (unpaired) electrons. The lowest BCUT2D eigenvalue weighted by Gasteiger charge is -2.04. The van der Waals surface area contributed by atoms with E-state index in [9.17, 15) is 9.90 Å². The highest BCUT2D eigenvalue weighted by molar-refractivity contribution is 6.05. The molecule has 3 N–H and O–H groups in total. The zero-order valence-electron chi connectivity index (χ0n) is 9.48. The summed E-state index contributed by atoms with van der Waals surface area (Å²) in [6.45, 7) is 3.71. The van der Waals surface area contributed by atoms with Crippen molar-refractivity contribution in [3.63, 3.8) is 0 Å². The second kappa shape index (κ2) is 4.25. The second-order valence-electron chi connectivity index (χ2n) is 3.67. The third kappa shape index (κ3) is 2.10. The molecule has 0 fully saturated rings. The summed E-state index contributed by atoms with van der Waals surface area (Å²) in [5.41, 5.74) is 1.92. The number of aromatic amines is 1. The maximum Gasteiger partial charge on any atom is 0.260 e. The Kier molecular flexibility index (Phi) is 2.78. The lowest BCUT2D eigenvalue weighted by molar-refractivity contribution is 0.102. The molecule has 88 valence electrons. The van der Waals surface area contributed by atoms with Gasteiger partial charge in [-0.05, 0) is 19.9 Å². The number of aromatic hydroxyl groups is 1. The van der Waals surface area contributed by atoms with Crippen LogP contribution in [0.1, 0.15) is 21.6 Å². The normalized spacial score (nSPS) is 10.2. The lowest BCUT2D eigenvalue weighted by Crippen LogP contribution is -2.13. The van der Waals surface area contributed by atoms with Crippen molar-refractivity contribution in [1.29, 1.82) is 0 Å². The van der Waals surface area contributed by atoms with E-state index in [1.165, 1.54) is 18.5 Å². The number of carbonyl (C=O) groups is 1. The maximum atomic E-state index is 11.8. The monoisotopic (exact) mass is 232 g/mol. The molecule has 2 heterocycles. The smallest absolute Gasteiger partial charge is 0.260 e. The Hall–Kier alpha value is -2.37. The van der Waals surface area contributed by atoms with Crippen LogP contribution in [0.15, 0.2) is 18.5 Å². The molecule has 0 bridgehead atoms. The van der Waals surface area contributed by atoms with Crippen molar-refractivity contribution in [2.24, 2.45) is 0 Å². The van der Waals surface area contributed by atoms with Crippen LogP contribution in [-0.2, 0) is 0 Å². The third-order valence-electron chi connectivity index (χ3n) is 2.53. The lowest BCUT2D eigenvalue weighted by atomic mass is 10.2. The van der Waals surface area contributed by atoms with Gasteiger partial charge in [-0.25, -0.2) is 0 Å². The molecule has 17 heavy (non-hydrogen) atoms. The Morgan fingerprint density at radius 3 is 2.82 bits per heavy atom. The molecule has 0 unspecified atom stereocenters. The van der Waals surface area contributed by atoms with Gasteiger partial charge in [0, 0.05) is 17.5 Å². The number of aryl methyl sites for hydroxylation is 1. The van der Waals surface area contributed by atoms with Gasteiger partial charge < -0.3 is 10.4 Å². The van der Waals surface area contributed by atoms with Crippen LogP contribution in [0.4, 0.5) is 5.82 Å². The summed E-state index contributed by atoms with van der Waals surface area (Å²) < 4.78 is 0. The first-order valence-electron chi connectivity index (χ1n) is 5.05. The number of hydrogen-bond donors (Lipinski definition) is 3. The average molecular weight is 232 g/mol. The van der Waals surface area contributed by atoms with Crippen LogP contribution in [0.2, 0.25) is 0 Å². The molecule has 0 aliphatic carbocycles. The Balaban J connectivity index is 2.23. The molecule has 2 aromatic rings. The molecule has 0 aliphatic heterocycles. The largest absolute Gasteiger partial charge is 0.505 e. The van der Waals surface area contributed by atoms with Gasteiger partial charge in [-0.15, -0.1) is 0 Å². The van der Waals surface area contributed by atoms with Crippen LogP contribution in [0.5, 0.6) is 5.75 Å². The minimum Gasteiger partial charge on any atom is -0.505 e. The predicted molar refractivity (Wildman–Crippen MR) is 61.9 cm³/mol. The summed E-state index contributed by atoms with van der Waals surface area (Å²) >= 11 is 0. The minimum atomic E-state index is -0.417. The zero-order valence-corrected chi connectivity index (χ0v) is 9.48. The van der Waals surface area contributed by atoms with Gasteiger partial charge in [-0.3, -0.25) is 14.9 Å². The van der Waals surface area contributed by atoms with Crippen molar-refractivity contribution in [3.8, 4) is 5.75 Å². The van der Waals surface area contributed by atoms with Crippen LogP contribution in [0.25, 0.3) is 0 Å². The predicted octanol–water partition coefficient (Wildman–Crippen LogP) is 1.38. The van der Waals surface area contributed by atoms with Gasteiger partial charge in [0.15, 0.2) is 5.82 Å². The van der Waals surface area contributed by atoms with Crippen molar-refractivity contribution in [2.45, 2.75) is 13.8 Å². The van der Waals surface area contributed by atoms with Gasteiger partial charge in [0.1, 0.15) is 5.75 Å². The number of carbonyl (C=O) groups excluding carboxylic acids is 1. The van der Waals surface area contributed by atoms with E-state index in [1.807, 2.05) is 13.8 Å². The molecule has 6 heteroatoms. The van der Waals surface area contributed by atoms with E-state index >= 15 is 0 Å². The van der Waals surface area contributed by atoms with Crippen LogP contribution in [-0.4, -0.2) is 26.2 Å². The van der Waals surface area contributed by atoms with E-state index in [0.29, 0.717) is 5.82 Å². The van der Waals surface area contributed by atoms with E-state index in [1.54, 1.807) is 0 Å². The van der Waals surface area contributed by atoms with Gasteiger partial charge in [0.2, 0.25) is 0 Å². The summed E-state index contributed by atoms with van der Waals surface area (Å²) in [6.07, 6.45) is 2.66. The van der Waals surface area contributed by atoms with Crippen LogP contribution < -0.4 is 5.32 Å². The first-order valence-corrected chi connectivity index (χ1v) is 5.05. The van der Waals surface area contributed by atoms with Crippen molar-refractivity contribution in [3.05, 3.63) is 35.3 Å². The van der Waals surface area contributed by atoms with E-state index in [4.69, 9.17) is 0 Å². The Morgan fingerprint density at radius 2 is 2.24 bits per heavy atom. The van der Waals surface area contributed by atoms with E-state index < -0.39 is 5.91 Å². The highest BCUT2D eigenvalue weighted by Gasteiger charge is 2.14. The molecule has 0 saturated heterocycles. The fraction of sp³-hybridized carbons (Fsp3) is 0.182. The number of amides is 1. The number of hydrogen-bond acceptors (Lipinski definition) is 4. The third-order valence-corrected chi connectivity index (χ3v) is 2.53. The fourth-order valence-corrected chi connectivity index (χ4v) is 1.36. The van der Waals surface area contributed by atoms with Gasteiger partial charge in [0.05, 0.1) is 11.8 Å². The SMILES string of the molecule is Cc1[nH]nc(NC(=O)c2ccncc2O)c1C. The average Bonchev–Trinajstić information content (AvgIpc) is 2.61. The summed E-state index contributed by atoms with van der Waals surface area (Å²) in [6, 6.07) is 1.44. The molecule has 2 rings (SSSR count). The summed E-state index contributed by atoms with van der Waals surface area (Å²) in [4.78, 5) is 15.5. The number of anilines is 1. The van der Waals surface area contributed by atoms with Crippen molar-refractivity contribution in [1.82, 2.24) is 15.2 Å². The van der Waals surface area contributed by atoms with Crippen molar-refractivity contribution in [2.75, 3.05) is 5.32 Å². The maximum absolute atomic E-state index is 11.8. The first kappa shape index (κ1) is 11.1. The van der Waals surface area contributed by atoms with E-state index in [2.05, 4.69) is 20.5 Å². The Morgan fingerprint density at radius 1 is 1.47 bits per heavy atom. The number of nitrogens with zero attached hydrogens (tertiary/aromatic N) is 2. The van der Waals surface area contributed by atoms with Crippen LogP contribution in [0.3, 0.4) is 0 Å². The number of rotatable bonds is 2. The van der Waals surface area contributed by atoms with Gasteiger partial charge in [-0.2, -0.15) is 5.10 Å². The number of nitrogens with one attached hydrogen (secondary N) is 2. The van der Waals surface area contributed by atoms with Crippen LogP contribution >= 0.6 is 0 Å². The molecule has 6 nitrogen and oxygen atoms in total. The Bertz CT molecular complexity index is 562. The van der Waals surface area contributed by atoms with Gasteiger partial charge in [-0.1, -0.05) is 0 Å². The summed E-state index contributed by atoms with van der Waals surface area (Å²) in [5, 5.41) is 18.8. The van der Waals surface area contributed by atoms with Crippen molar-refractivity contribution >= 4 is 11.7 Å². The van der Waals surface area contributed by atoms with Crippen molar-refractivity contribution < 1.29 is 9.90 Å². The first-order chi connectivity index (χ1) is 8.09. The molecule has 0 aliphatic rings. The zero-order chi connectivity index (χ0) is 12.4. The number of pyridine rings is 1. The molecule has 2 aromatic heterocycles. The van der Waals surface area contributed by atoms with E-state index in [-0.39, 0.29) is 11.3 Å². The molecule has 1 amide bonds. The molecule has 0 aromatic carbocycles. The highest BCUT2D eigenvalue weighted by Crippen LogP contribution is 2.18. The topological polar surface area (TPSA) is 90.9 Å². The quantitative estimate of drug-likeness (QED) is 0.729. The second-order valence-corrected chi connectivity index (χ2v) is 3.67. The van der Waals surface area contributed by atoms with Crippen LogP contribution in [0, 0.1) is 13.8 Å². The van der Waals surface area contributed by atoms with Gasteiger partial charge in [0.25, 0.3) is 5.91 Å². The molecular formula is C11H12N4O2. The summed E-state index contributed by atoms with van der Waals surface area (Å²) in [7, 11) is 0. The molecule has 0 spiro atoms. The summed E-state index contributed by atoms with van der Waals surface area (Å²) in [5.74, 6) is -0.113. The molecule has 0 atom stereocenters. The minimum absolute atomic E-state index is 0.157.